The summed E-state index contributed by atoms with van der Waals surface area (Å²) in [6.07, 6.45) is -0.0132. The first-order valence-electron chi connectivity index (χ1n) is 7.86. The Morgan fingerprint density at radius 3 is 2.50 bits per heavy atom. The molecule has 0 aromatic heterocycles. The number of halogens is 1. The molecule has 0 heterocycles. The van der Waals surface area contributed by atoms with Crippen molar-refractivity contribution in [2.75, 3.05) is 11.9 Å². The van der Waals surface area contributed by atoms with Gasteiger partial charge in [0.25, 0.3) is 0 Å². The molecule has 0 saturated carbocycles. The molecule has 0 bridgehead atoms. The van der Waals surface area contributed by atoms with Gasteiger partial charge in [0.05, 0.1) is 4.90 Å². The standard InChI is InChI=1S/C18H19BrN2O4S/c1-12-10-15(6-7-17(12)19)21-18(23)8-9-20-26(24,25)16-5-3-4-14(11-16)13(2)22/h3-7,10-11,20H,8-9H2,1-2H3,(H,21,23). The Morgan fingerprint density at radius 1 is 1.12 bits per heavy atom. The average Bonchev–Trinajstić information content (AvgIpc) is 2.58. The molecule has 0 aliphatic carbocycles. The molecule has 0 atom stereocenters. The molecule has 0 spiro atoms. The zero-order chi connectivity index (χ0) is 19.3. The van der Waals surface area contributed by atoms with Gasteiger partial charge >= 0.3 is 0 Å². The Hall–Kier alpha value is -2.03. The van der Waals surface area contributed by atoms with Gasteiger partial charge in [-0.2, -0.15) is 0 Å². The zero-order valence-electron chi connectivity index (χ0n) is 14.4. The van der Waals surface area contributed by atoms with Crippen molar-refractivity contribution in [2.45, 2.75) is 25.2 Å². The van der Waals surface area contributed by atoms with Gasteiger partial charge in [-0.25, -0.2) is 13.1 Å². The Labute approximate surface area is 161 Å². The molecule has 6 nitrogen and oxygen atoms in total. The molecule has 0 fully saturated rings. The number of nitrogens with one attached hydrogen (secondary N) is 2. The lowest BCUT2D eigenvalue weighted by molar-refractivity contribution is -0.116. The Kier molecular flexibility index (Phi) is 6.69. The second-order valence-corrected chi connectivity index (χ2v) is 8.37. The number of rotatable bonds is 7. The van der Waals surface area contributed by atoms with Crippen molar-refractivity contribution in [3.63, 3.8) is 0 Å². The molecule has 0 aliphatic rings. The zero-order valence-corrected chi connectivity index (χ0v) is 16.8. The molecule has 26 heavy (non-hydrogen) atoms. The highest BCUT2D eigenvalue weighted by Crippen LogP contribution is 2.20. The summed E-state index contributed by atoms with van der Waals surface area (Å²) in [5.41, 5.74) is 1.94. The first-order chi connectivity index (χ1) is 12.2. The van der Waals surface area contributed by atoms with Gasteiger partial charge in [0.1, 0.15) is 0 Å². The average molecular weight is 439 g/mol. The van der Waals surface area contributed by atoms with Gasteiger partial charge in [0, 0.05) is 28.7 Å². The van der Waals surface area contributed by atoms with Crippen molar-refractivity contribution < 1.29 is 18.0 Å². The minimum atomic E-state index is -3.79. The summed E-state index contributed by atoms with van der Waals surface area (Å²) in [5, 5.41) is 2.72. The predicted octanol–water partition coefficient (Wildman–Crippen LogP) is 3.27. The Morgan fingerprint density at radius 2 is 1.85 bits per heavy atom. The third kappa shape index (κ3) is 5.48. The SMILES string of the molecule is CC(=O)c1cccc(S(=O)(=O)NCCC(=O)Nc2ccc(Br)c(C)c2)c1. The summed E-state index contributed by atoms with van der Waals surface area (Å²) in [6.45, 7) is 3.23. The van der Waals surface area contributed by atoms with Crippen LogP contribution in [-0.2, 0) is 14.8 Å². The number of carbonyl (C=O) groups excluding carboxylic acids is 2. The van der Waals surface area contributed by atoms with Crippen molar-refractivity contribution >= 4 is 43.3 Å². The fourth-order valence-corrected chi connectivity index (χ4v) is 3.53. The van der Waals surface area contributed by atoms with Crippen LogP contribution in [0.5, 0.6) is 0 Å². The number of anilines is 1. The van der Waals surface area contributed by atoms with Crippen molar-refractivity contribution in [1.82, 2.24) is 4.72 Å². The van der Waals surface area contributed by atoms with Crippen molar-refractivity contribution in [2.24, 2.45) is 0 Å². The van der Waals surface area contributed by atoms with E-state index in [0.717, 1.165) is 10.0 Å². The van der Waals surface area contributed by atoms with Gasteiger partial charge in [0.2, 0.25) is 15.9 Å². The van der Waals surface area contributed by atoms with Crippen LogP contribution >= 0.6 is 15.9 Å². The molecule has 138 valence electrons. The van der Waals surface area contributed by atoms with E-state index >= 15 is 0 Å². The number of carbonyl (C=O) groups is 2. The molecule has 8 heteroatoms. The summed E-state index contributed by atoms with van der Waals surface area (Å²) in [4.78, 5) is 23.3. The Bertz CT molecular complexity index is 942. The second-order valence-electron chi connectivity index (χ2n) is 5.74. The van der Waals surface area contributed by atoms with E-state index in [0.29, 0.717) is 11.3 Å². The number of ketones is 1. The molecule has 0 aliphatic heterocycles. The molecule has 0 radical (unpaired) electrons. The highest BCUT2D eigenvalue weighted by atomic mass is 79.9. The topological polar surface area (TPSA) is 92.3 Å². The lowest BCUT2D eigenvalue weighted by atomic mass is 10.2. The van der Waals surface area contributed by atoms with Crippen molar-refractivity contribution in [1.29, 1.82) is 0 Å². The molecule has 2 aromatic rings. The van der Waals surface area contributed by atoms with Crippen LogP contribution in [0.25, 0.3) is 0 Å². The number of amides is 1. The van der Waals surface area contributed by atoms with E-state index in [-0.39, 0.29) is 29.6 Å². The van der Waals surface area contributed by atoms with Crippen LogP contribution in [0, 0.1) is 6.92 Å². The molecule has 2 rings (SSSR count). The van der Waals surface area contributed by atoms with Gasteiger partial charge in [-0.1, -0.05) is 28.1 Å². The summed E-state index contributed by atoms with van der Waals surface area (Å²) in [6, 6.07) is 11.2. The van der Waals surface area contributed by atoms with E-state index in [4.69, 9.17) is 0 Å². The lowest BCUT2D eigenvalue weighted by Gasteiger charge is -2.09. The van der Waals surface area contributed by atoms with Crippen LogP contribution in [0.1, 0.15) is 29.3 Å². The third-order valence-corrected chi connectivity index (χ3v) is 5.99. The van der Waals surface area contributed by atoms with E-state index in [1.165, 1.54) is 25.1 Å². The van der Waals surface area contributed by atoms with E-state index in [2.05, 4.69) is 26.0 Å². The van der Waals surface area contributed by atoms with Crippen LogP contribution in [0.3, 0.4) is 0 Å². The van der Waals surface area contributed by atoms with Gasteiger partial charge in [0.15, 0.2) is 5.78 Å². The van der Waals surface area contributed by atoms with Crippen LogP contribution in [0.2, 0.25) is 0 Å². The molecular weight excluding hydrogens is 420 g/mol. The van der Waals surface area contributed by atoms with Crippen LogP contribution in [0.4, 0.5) is 5.69 Å². The van der Waals surface area contributed by atoms with Crippen molar-refractivity contribution in [3.05, 3.63) is 58.1 Å². The number of hydrogen-bond acceptors (Lipinski definition) is 4. The summed E-state index contributed by atoms with van der Waals surface area (Å²) >= 11 is 3.38. The molecule has 0 unspecified atom stereocenters. The second kappa shape index (κ2) is 8.57. The maximum absolute atomic E-state index is 12.3. The smallest absolute Gasteiger partial charge is 0.240 e. The molecular formula is C18H19BrN2O4S. The minimum Gasteiger partial charge on any atom is -0.326 e. The van der Waals surface area contributed by atoms with E-state index in [1.807, 2.05) is 19.1 Å². The van der Waals surface area contributed by atoms with Crippen LogP contribution in [-0.4, -0.2) is 26.7 Å². The number of Topliss-reactive ketones (excluding diaryl/α,β-unsaturated/α-hetero) is 1. The maximum Gasteiger partial charge on any atom is 0.240 e. The highest BCUT2D eigenvalue weighted by Gasteiger charge is 2.15. The minimum absolute atomic E-state index is 0.00542. The molecule has 1 amide bonds. The summed E-state index contributed by atoms with van der Waals surface area (Å²) in [5.74, 6) is -0.516. The lowest BCUT2D eigenvalue weighted by Crippen LogP contribution is -2.28. The van der Waals surface area contributed by atoms with Gasteiger partial charge in [-0.05, 0) is 49.7 Å². The van der Waals surface area contributed by atoms with Crippen LogP contribution in [0.15, 0.2) is 51.8 Å². The summed E-state index contributed by atoms with van der Waals surface area (Å²) in [7, 11) is -3.79. The molecule has 0 saturated heterocycles. The normalized spacial score (nSPS) is 11.2. The predicted molar refractivity (Wildman–Crippen MR) is 104 cm³/mol. The first kappa shape index (κ1) is 20.3. The first-order valence-corrected chi connectivity index (χ1v) is 10.1. The van der Waals surface area contributed by atoms with Gasteiger partial charge in [-0.15, -0.1) is 0 Å². The Balaban J connectivity index is 1.93. The monoisotopic (exact) mass is 438 g/mol. The number of sulfonamides is 1. The van der Waals surface area contributed by atoms with Crippen LogP contribution < -0.4 is 10.0 Å². The molecule has 2 aromatic carbocycles. The fourth-order valence-electron chi connectivity index (χ4n) is 2.21. The summed E-state index contributed by atoms with van der Waals surface area (Å²) < 4.78 is 27.9. The quantitative estimate of drug-likeness (QED) is 0.648. The van der Waals surface area contributed by atoms with Gasteiger partial charge < -0.3 is 5.32 Å². The number of aryl methyl sites for hydroxylation is 1. The van der Waals surface area contributed by atoms with Crippen molar-refractivity contribution in [3.8, 4) is 0 Å². The van der Waals surface area contributed by atoms with E-state index in [9.17, 15) is 18.0 Å². The highest BCUT2D eigenvalue weighted by molar-refractivity contribution is 9.10. The van der Waals surface area contributed by atoms with E-state index < -0.39 is 10.0 Å². The number of benzene rings is 2. The fraction of sp³-hybridized carbons (Fsp3) is 0.222. The molecule has 2 N–H and O–H groups in total. The number of hydrogen-bond donors (Lipinski definition) is 2. The third-order valence-electron chi connectivity index (χ3n) is 3.64. The van der Waals surface area contributed by atoms with E-state index in [1.54, 1.807) is 12.1 Å². The van der Waals surface area contributed by atoms with Gasteiger partial charge in [-0.3, -0.25) is 9.59 Å². The maximum atomic E-state index is 12.3. The largest absolute Gasteiger partial charge is 0.326 e.